The minimum Gasteiger partial charge on any atom is -0.353 e. The van der Waals surface area contributed by atoms with Gasteiger partial charge in [0.05, 0.1) is 0 Å². The van der Waals surface area contributed by atoms with Gasteiger partial charge >= 0.3 is 0 Å². The van der Waals surface area contributed by atoms with Crippen molar-refractivity contribution >= 4 is 5.95 Å². The van der Waals surface area contributed by atoms with Crippen LogP contribution >= 0.6 is 0 Å². The summed E-state index contributed by atoms with van der Waals surface area (Å²) in [6.45, 7) is 7.40. The summed E-state index contributed by atoms with van der Waals surface area (Å²) in [5.41, 5.74) is 1.09. The molecule has 0 aliphatic rings. The number of hydrogen-bond acceptors (Lipinski definition) is 4. The fourth-order valence-corrected chi connectivity index (χ4v) is 1.86. The second kappa shape index (κ2) is 7.31. The highest BCUT2D eigenvalue weighted by atomic mass is 15.2. The van der Waals surface area contributed by atoms with Crippen molar-refractivity contribution in [2.24, 2.45) is 0 Å². The van der Waals surface area contributed by atoms with E-state index in [0.717, 1.165) is 18.2 Å². The van der Waals surface area contributed by atoms with Gasteiger partial charge < -0.3 is 10.2 Å². The Bertz CT molecular complexity index is 349. The molecular weight excluding hydrogens is 224 g/mol. The van der Waals surface area contributed by atoms with Crippen LogP contribution in [0.5, 0.6) is 0 Å². The molecule has 0 aliphatic heterocycles. The summed E-state index contributed by atoms with van der Waals surface area (Å²) >= 11 is 0. The van der Waals surface area contributed by atoms with E-state index in [1.807, 2.05) is 12.3 Å². The molecule has 4 nitrogen and oxygen atoms in total. The van der Waals surface area contributed by atoms with E-state index in [1.54, 1.807) is 0 Å². The van der Waals surface area contributed by atoms with Crippen LogP contribution in [-0.4, -0.2) is 41.5 Å². The Morgan fingerprint density at radius 2 is 2.06 bits per heavy atom. The highest BCUT2D eigenvalue weighted by Crippen LogP contribution is 2.12. The quantitative estimate of drug-likeness (QED) is 0.808. The Morgan fingerprint density at radius 3 is 2.61 bits per heavy atom. The molecule has 102 valence electrons. The topological polar surface area (TPSA) is 41.1 Å². The second-order valence-corrected chi connectivity index (χ2v) is 5.25. The van der Waals surface area contributed by atoms with Gasteiger partial charge in [-0.05, 0) is 32.5 Å². The molecule has 0 aliphatic carbocycles. The molecule has 0 saturated heterocycles. The van der Waals surface area contributed by atoms with Crippen LogP contribution in [0, 0.1) is 0 Å². The number of anilines is 1. The molecule has 0 radical (unpaired) electrons. The lowest BCUT2D eigenvalue weighted by Gasteiger charge is -2.24. The Labute approximate surface area is 111 Å². The summed E-state index contributed by atoms with van der Waals surface area (Å²) in [7, 11) is 4.24. The first-order chi connectivity index (χ1) is 8.54. The van der Waals surface area contributed by atoms with Crippen molar-refractivity contribution in [3.8, 4) is 0 Å². The van der Waals surface area contributed by atoms with Gasteiger partial charge in [-0.2, -0.15) is 0 Å². The van der Waals surface area contributed by atoms with Crippen LogP contribution < -0.4 is 5.32 Å². The van der Waals surface area contributed by atoms with Crippen molar-refractivity contribution in [1.29, 1.82) is 0 Å². The second-order valence-electron chi connectivity index (χ2n) is 5.25. The molecule has 1 heterocycles. The fraction of sp³-hybridized carbons (Fsp3) is 0.714. The minimum atomic E-state index is 0.439. The van der Waals surface area contributed by atoms with Crippen molar-refractivity contribution in [2.45, 2.75) is 45.6 Å². The number of nitrogens with zero attached hydrogens (tertiary/aromatic N) is 3. The van der Waals surface area contributed by atoms with Gasteiger partial charge in [-0.3, -0.25) is 0 Å². The van der Waals surface area contributed by atoms with E-state index in [-0.39, 0.29) is 0 Å². The smallest absolute Gasteiger partial charge is 0.222 e. The van der Waals surface area contributed by atoms with E-state index in [9.17, 15) is 0 Å². The van der Waals surface area contributed by atoms with Crippen molar-refractivity contribution < 1.29 is 0 Å². The maximum atomic E-state index is 4.52. The third kappa shape index (κ3) is 4.61. The van der Waals surface area contributed by atoms with Gasteiger partial charge in [0.2, 0.25) is 5.95 Å². The molecule has 4 heteroatoms. The van der Waals surface area contributed by atoms with E-state index in [0.29, 0.717) is 12.0 Å². The molecule has 1 atom stereocenters. The maximum absolute atomic E-state index is 4.52. The molecule has 1 N–H and O–H groups in total. The number of hydrogen-bond donors (Lipinski definition) is 1. The minimum absolute atomic E-state index is 0.439. The Hall–Kier alpha value is -1.16. The number of nitrogens with one attached hydrogen (secondary N) is 1. The van der Waals surface area contributed by atoms with Crippen molar-refractivity contribution in [1.82, 2.24) is 14.9 Å². The van der Waals surface area contributed by atoms with Crippen molar-refractivity contribution in [3.63, 3.8) is 0 Å². The lowest BCUT2D eigenvalue weighted by atomic mass is 10.1. The van der Waals surface area contributed by atoms with Crippen LogP contribution in [0.2, 0.25) is 0 Å². The summed E-state index contributed by atoms with van der Waals surface area (Å²) in [6, 6.07) is 2.51. The third-order valence-electron chi connectivity index (χ3n) is 3.12. The molecule has 18 heavy (non-hydrogen) atoms. The maximum Gasteiger partial charge on any atom is 0.222 e. The van der Waals surface area contributed by atoms with E-state index in [4.69, 9.17) is 0 Å². The Balaban J connectivity index is 2.58. The van der Waals surface area contributed by atoms with E-state index in [2.05, 4.69) is 55.1 Å². The first-order valence-electron chi connectivity index (χ1n) is 6.77. The Kier molecular flexibility index (Phi) is 6.05. The molecule has 1 rings (SSSR count). The lowest BCUT2D eigenvalue weighted by Crippen LogP contribution is -2.34. The SMILES string of the molecule is CCCC(CNc1nccc(C(C)C)n1)N(C)C. The summed E-state index contributed by atoms with van der Waals surface area (Å²) in [6.07, 6.45) is 4.20. The van der Waals surface area contributed by atoms with E-state index in [1.165, 1.54) is 12.8 Å². The average molecular weight is 250 g/mol. The zero-order valence-electron chi connectivity index (χ0n) is 12.3. The largest absolute Gasteiger partial charge is 0.353 e. The molecular formula is C14H26N4. The van der Waals surface area contributed by atoms with Gasteiger partial charge in [-0.25, -0.2) is 9.97 Å². The summed E-state index contributed by atoms with van der Waals surface area (Å²) in [5, 5.41) is 3.34. The molecule has 0 amide bonds. The van der Waals surface area contributed by atoms with E-state index < -0.39 is 0 Å². The van der Waals surface area contributed by atoms with Gasteiger partial charge in [-0.1, -0.05) is 27.2 Å². The predicted molar refractivity (Wildman–Crippen MR) is 77.0 cm³/mol. The summed E-state index contributed by atoms with van der Waals surface area (Å²) in [5.74, 6) is 1.18. The molecule has 1 unspecified atom stereocenters. The standard InChI is InChI=1S/C14H26N4/c1-6-7-12(18(4)5)10-16-14-15-9-8-13(17-14)11(2)3/h8-9,11-12H,6-7,10H2,1-5H3,(H,15,16,17). The van der Waals surface area contributed by atoms with Gasteiger partial charge in [0.1, 0.15) is 0 Å². The van der Waals surface area contributed by atoms with Crippen LogP contribution in [0.4, 0.5) is 5.95 Å². The zero-order valence-corrected chi connectivity index (χ0v) is 12.3. The number of likely N-dealkylation sites (N-methyl/N-ethyl adjacent to an activating group) is 1. The summed E-state index contributed by atoms with van der Waals surface area (Å²) in [4.78, 5) is 11.0. The van der Waals surface area contributed by atoms with Gasteiger partial charge in [0.25, 0.3) is 0 Å². The molecule has 0 saturated carbocycles. The third-order valence-corrected chi connectivity index (χ3v) is 3.12. The first-order valence-corrected chi connectivity index (χ1v) is 6.77. The first kappa shape index (κ1) is 14.9. The Morgan fingerprint density at radius 1 is 1.33 bits per heavy atom. The molecule has 1 aromatic heterocycles. The highest BCUT2D eigenvalue weighted by Gasteiger charge is 2.11. The van der Waals surface area contributed by atoms with Gasteiger partial charge in [0, 0.05) is 24.5 Å². The van der Waals surface area contributed by atoms with Gasteiger partial charge in [-0.15, -0.1) is 0 Å². The van der Waals surface area contributed by atoms with Crippen molar-refractivity contribution in [3.05, 3.63) is 18.0 Å². The molecule has 0 bridgehead atoms. The predicted octanol–water partition coefficient (Wildman–Crippen LogP) is 2.74. The van der Waals surface area contributed by atoms with Crippen LogP contribution in [0.25, 0.3) is 0 Å². The van der Waals surface area contributed by atoms with Crippen LogP contribution in [-0.2, 0) is 0 Å². The molecule has 0 aromatic carbocycles. The average Bonchev–Trinajstić information content (AvgIpc) is 2.34. The zero-order chi connectivity index (χ0) is 13.5. The highest BCUT2D eigenvalue weighted by molar-refractivity contribution is 5.26. The summed E-state index contributed by atoms with van der Waals surface area (Å²) < 4.78 is 0. The normalized spacial score (nSPS) is 13.1. The number of aromatic nitrogens is 2. The van der Waals surface area contributed by atoms with Crippen LogP contribution in [0.3, 0.4) is 0 Å². The van der Waals surface area contributed by atoms with E-state index >= 15 is 0 Å². The fourth-order valence-electron chi connectivity index (χ4n) is 1.86. The molecule has 0 spiro atoms. The molecule has 1 aromatic rings. The lowest BCUT2D eigenvalue weighted by molar-refractivity contribution is 0.288. The van der Waals surface area contributed by atoms with Crippen LogP contribution in [0.15, 0.2) is 12.3 Å². The molecule has 0 fully saturated rings. The number of rotatable bonds is 7. The van der Waals surface area contributed by atoms with Crippen molar-refractivity contribution in [2.75, 3.05) is 26.0 Å². The van der Waals surface area contributed by atoms with Gasteiger partial charge in [0.15, 0.2) is 0 Å². The monoisotopic (exact) mass is 250 g/mol. The van der Waals surface area contributed by atoms with Crippen LogP contribution in [0.1, 0.15) is 45.2 Å².